The SMILES string of the molecule is COc1ccc(N2C(=O)CS[C@]23C(=O)N(Cc2cccc(OC)c2)c2ccccc23)cc1. The van der Waals surface area contributed by atoms with Gasteiger partial charge in [0.05, 0.1) is 32.2 Å². The molecule has 0 bridgehead atoms. The van der Waals surface area contributed by atoms with E-state index in [2.05, 4.69) is 0 Å². The van der Waals surface area contributed by atoms with Crippen molar-refractivity contribution in [1.82, 2.24) is 0 Å². The first-order valence-corrected chi connectivity index (χ1v) is 11.2. The highest BCUT2D eigenvalue weighted by atomic mass is 32.2. The molecule has 0 N–H and O–H groups in total. The van der Waals surface area contributed by atoms with Crippen LogP contribution in [0.5, 0.6) is 11.5 Å². The molecule has 6 nitrogen and oxygen atoms in total. The summed E-state index contributed by atoms with van der Waals surface area (Å²) >= 11 is 1.38. The van der Waals surface area contributed by atoms with Crippen LogP contribution in [0.25, 0.3) is 0 Å². The molecular weight excluding hydrogens is 424 g/mol. The van der Waals surface area contributed by atoms with Gasteiger partial charge in [-0.25, -0.2) is 0 Å². The number of rotatable bonds is 5. The average molecular weight is 447 g/mol. The Morgan fingerprint density at radius 2 is 1.66 bits per heavy atom. The van der Waals surface area contributed by atoms with Gasteiger partial charge in [0.25, 0.3) is 5.91 Å². The van der Waals surface area contributed by atoms with Crippen LogP contribution in [-0.2, 0) is 21.0 Å². The zero-order valence-corrected chi connectivity index (χ0v) is 18.6. The second kappa shape index (κ2) is 7.91. The van der Waals surface area contributed by atoms with Gasteiger partial charge in [-0.1, -0.05) is 30.3 Å². The van der Waals surface area contributed by atoms with Crippen molar-refractivity contribution < 1.29 is 19.1 Å². The van der Waals surface area contributed by atoms with E-state index in [0.29, 0.717) is 18.0 Å². The first-order chi connectivity index (χ1) is 15.6. The third-order valence-electron chi connectivity index (χ3n) is 5.87. The van der Waals surface area contributed by atoms with Crippen LogP contribution in [0.15, 0.2) is 72.8 Å². The minimum Gasteiger partial charge on any atom is -0.497 e. The number of carbonyl (C=O) groups is 2. The van der Waals surface area contributed by atoms with Gasteiger partial charge in [-0.05, 0) is 48.0 Å². The molecule has 2 aliphatic rings. The van der Waals surface area contributed by atoms with Crippen molar-refractivity contribution in [3.05, 3.63) is 83.9 Å². The largest absolute Gasteiger partial charge is 0.497 e. The fourth-order valence-corrected chi connectivity index (χ4v) is 5.76. The first-order valence-electron chi connectivity index (χ1n) is 10.2. The van der Waals surface area contributed by atoms with Crippen molar-refractivity contribution >= 4 is 35.0 Å². The Balaban J connectivity index is 1.60. The predicted octanol–water partition coefficient (Wildman–Crippen LogP) is 4.18. The number of anilines is 2. The molecule has 1 atom stereocenters. The smallest absolute Gasteiger partial charge is 0.269 e. The molecular formula is C25H22N2O4S. The van der Waals surface area contributed by atoms with Crippen molar-refractivity contribution in [2.75, 3.05) is 29.8 Å². The Morgan fingerprint density at radius 3 is 2.41 bits per heavy atom. The predicted molar refractivity (Wildman–Crippen MR) is 125 cm³/mol. The lowest BCUT2D eigenvalue weighted by atomic mass is 10.0. The number of methoxy groups -OCH3 is 2. The van der Waals surface area contributed by atoms with Gasteiger partial charge in [-0.3, -0.25) is 14.5 Å². The van der Waals surface area contributed by atoms with E-state index in [1.54, 1.807) is 36.2 Å². The van der Waals surface area contributed by atoms with Crippen LogP contribution in [0.3, 0.4) is 0 Å². The van der Waals surface area contributed by atoms with Gasteiger partial charge in [-0.2, -0.15) is 0 Å². The molecule has 0 radical (unpaired) electrons. The molecule has 1 spiro atoms. The molecule has 0 unspecified atom stereocenters. The van der Waals surface area contributed by atoms with E-state index in [0.717, 1.165) is 22.6 Å². The van der Waals surface area contributed by atoms with Crippen LogP contribution in [0.2, 0.25) is 0 Å². The number of carbonyl (C=O) groups excluding carboxylic acids is 2. The van der Waals surface area contributed by atoms with Crippen molar-refractivity contribution in [1.29, 1.82) is 0 Å². The normalized spacial score (nSPS) is 19.6. The van der Waals surface area contributed by atoms with E-state index >= 15 is 0 Å². The molecule has 2 aliphatic heterocycles. The molecule has 1 saturated heterocycles. The molecule has 3 aromatic carbocycles. The zero-order valence-electron chi connectivity index (χ0n) is 17.8. The Morgan fingerprint density at radius 1 is 0.906 bits per heavy atom. The standard InChI is InChI=1S/C25H22N2O4S/c1-30-19-12-10-18(11-13-19)27-23(28)16-32-25(27)21-8-3-4-9-22(21)26(24(25)29)15-17-6-5-7-20(14-17)31-2/h3-14H,15-16H2,1-2H3/t25-/m1/s1. The number of para-hydroxylation sites is 1. The molecule has 5 rings (SSSR count). The van der Waals surface area contributed by atoms with Crippen LogP contribution in [0.4, 0.5) is 11.4 Å². The summed E-state index contributed by atoms with van der Waals surface area (Å²) in [5, 5.41) is 0. The molecule has 0 aliphatic carbocycles. The summed E-state index contributed by atoms with van der Waals surface area (Å²) in [4.78, 5) is 29.4. The number of ether oxygens (including phenoxy) is 2. The highest BCUT2D eigenvalue weighted by molar-refractivity contribution is 8.02. The summed E-state index contributed by atoms with van der Waals surface area (Å²) in [6.45, 7) is 0.389. The maximum absolute atomic E-state index is 14.1. The minimum atomic E-state index is -1.12. The summed E-state index contributed by atoms with van der Waals surface area (Å²) in [6.07, 6.45) is 0. The third kappa shape index (κ3) is 3.04. The lowest BCUT2D eigenvalue weighted by Gasteiger charge is -2.33. The molecule has 32 heavy (non-hydrogen) atoms. The van der Waals surface area contributed by atoms with Gasteiger partial charge in [-0.15, -0.1) is 11.8 Å². The Hall–Kier alpha value is -3.45. The number of fused-ring (bicyclic) bond motifs is 2. The minimum absolute atomic E-state index is 0.0912. The van der Waals surface area contributed by atoms with E-state index in [4.69, 9.17) is 9.47 Å². The second-order valence-electron chi connectivity index (χ2n) is 7.62. The number of hydrogen-bond donors (Lipinski definition) is 0. The lowest BCUT2D eigenvalue weighted by Crippen LogP contribution is -2.49. The second-order valence-corrected chi connectivity index (χ2v) is 8.79. The summed E-state index contributed by atoms with van der Waals surface area (Å²) < 4.78 is 10.6. The number of hydrogen-bond acceptors (Lipinski definition) is 5. The quantitative estimate of drug-likeness (QED) is 0.588. The molecule has 0 saturated carbocycles. The van der Waals surface area contributed by atoms with Crippen LogP contribution in [-0.4, -0.2) is 31.8 Å². The molecule has 3 aromatic rings. The molecule has 162 valence electrons. The lowest BCUT2D eigenvalue weighted by molar-refractivity contribution is -0.123. The van der Waals surface area contributed by atoms with Gasteiger partial charge in [0.15, 0.2) is 0 Å². The number of amides is 2. The van der Waals surface area contributed by atoms with Crippen LogP contribution in [0, 0.1) is 0 Å². The van der Waals surface area contributed by atoms with E-state index < -0.39 is 4.87 Å². The van der Waals surface area contributed by atoms with Gasteiger partial charge >= 0.3 is 0 Å². The Bertz CT molecular complexity index is 1200. The van der Waals surface area contributed by atoms with E-state index in [1.807, 2.05) is 60.7 Å². The summed E-state index contributed by atoms with van der Waals surface area (Å²) in [5.74, 6) is 1.46. The number of nitrogens with zero attached hydrogens (tertiary/aromatic N) is 2. The third-order valence-corrected chi connectivity index (χ3v) is 7.26. The van der Waals surface area contributed by atoms with Gasteiger partial charge in [0.1, 0.15) is 11.5 Å². The summed E-state index contributed by atoms with van der Waals surface area (Å²) in [7, 11) is 3.22. The van der Waals surface area contributed by atoms with Crippen LogP contribution in [0.1, 0.15) is 11.1 Å². The maximum atomic E-state index is 14.1. The van der Waals surface area contributed by atoms with Gasteiger partial charge in [0, 0.05) is 11.3 Å². The maximum Gasteiger partial charge on any atom is 0.269 e. The fourth-order valence-electron chi connectivity index (χ4n) is 4.40. The zero-order chi connectivity index (χ0) is 22.3. The monoisotopic (exact) mass is 446 g/mol. The van der Waals surface area contributed by atoms with Crippen LogP contribution < -0.4 is 19.3 Å². The summed E-state index contributed by atoms with van der Waals surface area (Å²) in [5.41, 5.74) is 3.28. The van der Waals surface area contributed by atoms with E-state index in [9.17, 15) is 9.59 Å². The highest BCUT2D eigenvalue weighted by Crippen LogP contribution is 2.56. The first kappa shape index (κ1) is 20.5. The summed E-state index contributed by atoms with van der Waals surface area (Å²) in [6, 6.07) is 22.7. The Kier molecular flexibility index (Phi) is 5.06. The van der Waals surface area contributed by atoms with Crippen molar-refractivity contribution in [2.45, 2.75) is 11.4 Å². The van der Waals surface area contributed by atoms with Crippen molar-refractivity contribution in [2.24, 2.45) is 0 Å². The highest BCUT2D eigenvalue weighted by Gasteiger charge is 2.60. The molecule has 0 aromatic heterocycles. The topological polar surface area (TPSA) is 59.1 Å². The molecule has 2 heterocycles. The Labute approximate surface area is 190 Å². The molecule has 1 fully saturated rings. The van der Waals surface area contributed by atoms with Crippen molar-refractivity contribution in [3.63, 3.8) is 0 Å². The molecule has 7 heteroatoms. The van der Waals surface area contributed by atoms with Gasteiger partial charge < -0.3 is 14.4 Å². The number of thioether (sulfide) groups is 1. The molecule has 2 amide bonds. The number of benzene rings is 3. The average Bonchev–Trinajstić information content (AvgIpc) is 3.30. The van der Waals surface area contributed by atoms with E-state index in [1.165, 1.54) is 11.8 Å². The van der Waals surface area contributed by atoms with E-state index in [-0.39, 0.29) is 17.6 Å². The van der Waals surface area contributed by atoms with Gasteiger partial charge in [0.2, 0.25) is 10.8 Å². The van der Waals surface area contributed by atoms with Crippen LogP contribution >= 0.6 is 11.8 Å². The fraction of sp³-hybridized carbons (Fsp3) is 0.200. The van der Waals surface area contributed by atoms with Crippen molar-refractivity contribution in [3.8, 4) is 11.5 Å².